The molecule has 10 nitrogen and oxygen atoms in total. The van der Waals surface area contributed by atoms with Gasteiger partial charge in [0.25, 0.3) is 5.56 Å². The number of aliphatic hydroxyl groups is 1. The number of ether oxygens (including phenoxy) is 2. The Balaban J connectivity index is 1.83. The molecule has 15 heteroatoms. The van der Waals surface area contributed by atoms with Crippen LogP contribution in [0.25, 0.3) is 0 Å². The summed E-state index contributed by atoms with van der Waals surface area (Å²) in [6.07, 6.45) is -2.97. The summed E-state index contributed by atoms with van der Waals surface area (Å²) in [6.45, 7) is 32.9. The Kier molecular flexibility index (Phi) is 13.5. The number of hydrogen-bond acceptors (Lipinski definition) is 8. The predicted molar refractivity (Wildman–Crippen MR) is 230 cm³/mol. The molecule has 5 atom stereocenters. The van der Waals surface area contributed by atoms with Crippen molar-refractivity contribution < 1.29 is 27.9 Å². The van der Waals surface area contributed by atoms with Gasteiger partial charge in [0.05, 0.1) is 22.2 Å². The second kappa shape index (κ2) is 16.3. The summed E-state index contributed by atoms with van der Waals surface area (Å²) in [7, 11) is -7.22. The van der Waals surface area contributed by atoms with E-state index in [4.69, 9.17) is 46.0 Å². The van der Waals surface area contributed by atoms with Crippen LogP contribution < -0.4 is 16.0 Å². The Morgan fingerprint density at radius 1 is 0.782 bits per heavy atom. The number of nitrogens with one attached hydrogen (secondary N) is 1. The fourth-order valence-electron chi connectivity index (χ4n) is 5.36. The number of benzene rings is 2. The zero-order chi connectivity index (χ0) is 41.7. The zero-order valence-corrected chi connectivity index (χ0v) is 39.7. The van der Waals surface area contributed by atoms with E-state index in [0.29, 0.717) is 27.1 Å². The third-order valence-corrected chi connectivity index (χ3v) is 26.2. The molecule has 0 spiro atoms. The molecule has 1 aliphatic heterocycles. The standard InChI is InChI=1S/C40H62Cl2N2O8Si3/c1-38(2,3)53(10,11)48-24-31-33(51-54(12,13)39(4,5)6)34(52-55(14,15)40(7,8)9)36(50-31)44-23-28(35(46)43-37(44)47)32(45)25-17-16-18-26(21-25)49-27-19-20-29(41)30(42)22-27/h16-23,31-34,36,45H,24H2,1-15H3,(H,43,46,47)/t31-,32?,33-,34-,36-/m1/s1. The van der Waals surface area contributed by atoms with E-state index in [1.54, 1.807) is 42.5 Å². The molecular weight excluding hydrogens is 792 g/mol. The molecule has 0 bridgehead atoms. The summed E-state index contributed by atoms with van der Waals surface area (Å²) in [6, 6.07) is 11.6. The van der Waals surface area contributed by atoms with Gasteiger partial charge in [-0.2, -0.15) is 0 Å². The van der Waals surface area contributed by atoms with Crippen LogP contribution in [0.1, 0.15) is 85.8 Å². The van der Waals surface area contributed by atoms with E-state index >= 15 is 0 Å². The smallest absolute Gasteiger partial charge is 0.330 e. The quantitative estimate of drug-likeness (QED) is 0.173. The second-order valence-corrected chi connectivity index (χ2v) is 34.4. The normalized spacial score (nSPS) is 20.8. The number of aromatic amines is 1. The number of nitrogens with zero attached hydrogens (tertiary/aromatic N) is 1. The molecule has 1 aliphatic rings. The molecule has 306 valence electrons. The van der Waals surface area contributed by atoms with Gasteiger partial charge in [-0.25, -0.2) is 4.79 Å². The highest BCUT2D eigenvalue weighted by atomic mass is 35.5. The highest BCUT2D eigenvalue weighted by molar-refractivity contribution is 6.75. The van der Waals surface area contributed by atoms with Gasteiger partial charge in [-0.1, -0.05) is 97.6 Å². The summed E-state index contributed by atoms with van der Waals surface area (Å²) in [5, 5.41) is 12.1. The lowest BCUT2D eigenvalue weighted by atomic mass is 10.0. The minimum absolute atomic E-state index is 0.0520. The van der Waals surface area contributed by atoms with E-state index < -0.39 is 66.8 Å². The predicted octanol–water partition coefficient (Wildman–Crippen LogP) is 10.4. The third-order valence-electron chi connectivity index (χ3n) is 12.0. The van der Waals surface area contributed by atoms with E-state index in [1.165, 1.54) is 10.8 Å². The molecular formula is C40H62Cl2N2O8Si3. The number of H-pyrrole nitrogens is 1. The maximum absolute atomic E-state index is 13.9. The van der Waals surface area contributed by atoms with Gasteiger partial charge in [0.1, 0.15) is 35.9 Å². The van der Waals surface area contributed by atoms with Crippen molar-refractivity contribution in [1.82, 2.24) is 9.55 Å². The Hall–Kier alpha value is -2.05. The monoisotopic (exact) mass is 852 g/mol. The van der Waals surface area contributed by atoms with E-state index in [-0.39, 0.29) is 27.3 Å². The van der Waals surface area contributed by atoms with Crippen LogP contribution in [0, 0.1) is 0 Å². The first-order valence-electron chi connectivity index (χ1n) is 18.9. The molecule has 1 fully saturated rings. The molecule has 2 heterocycles. The van der Waals surface area contributed by atoms with E-state index in [9.17, 15) is 14.7 Å². The van der Waals surface area contributed by atoms with Crippen LogP contribution in [0.2, 0.25) is 64.4 Å². The van der Waals surface area contributed by atoms with Crippen molar-refractivity contribution in [3.05, 3.63) is 90.7 Å². The number of halogens is 2. The topological polar surface area (TPSA) is 121 Å². The van der Waals surface area contributed by atoms with Crippen molar-refractivity contribution in [3.63, 3.8) is 0 Å². The van der Waals surface area contributed by atoms with Crippen LogP contribution in [0.5, 0.6) is 11.5 Å². The first kappa shape index (κ1) is 45.7. The fraction of sp³-hybridized carbons (Fsp3) is 0.600. The molecule has 0 saturated carbocycles. The van der Waals surface area contributed by atoms with Gasteiger partial charge in [0.15, 0.2) is 31.2 Å². The Morgan fingerprint density at radius 2 is 1.33 bits per heavy atom. The largest absolute Gasteiger partial charge is 0.457 e. The molecule has 2 aromatic carbocycles. The number of aliphatic hydroxyl groups excluding tert-OH is 1. The average Bonchev–Trinajstić information content (AvgIpc) is 3.35. The molecule has 0 radical (unpaired) electrons. The second-order valence-electron chi connectivity index (χ2n) is 19.2. The van der Waals surface area contributed by atoms with Crippen molar-refractivity contribution in [2.45, 2.75) is 147 Å². The van der Waals surface area contributed by atoms with Crippen molar-refractivity contribution in [2.75, 3.05) is 6.61 Å². The molecule has 2 N–H and O–H groups in total. The molecule has 1 unspecified atom stereocenters. The summed E-state index contributed by atoms with van der Waals surface area (Å²) >= 11 is 12.3. The lowest BCUT2D eigenvalue weighted by Gasteiger charge is -2.44. The SMILES string of the molecule is CC(C)(C)[Si](C)(C)OC[C@H]1O[C@@H](n2cc(C(O)c3cccc(Oc4ccc(Cl)c(Cl)c4)c3)c(=O)[nH]c2=O)[C@H](O[Si](C)(C)C(C)(C)C)[C@@H]1O[Si](C)(C)C(C)(C)C. The Labute approximate surface area is 340 Å². The van der Waals surface area contributed by atoms with Gasteiger partial charge >= 0.3 is 5.69 Å². The van der Waals surface area contributed by atoms with Gasteiger partial charge in [-0.15, -0.1) is 0 Å². The maximum Gasteiger partial charge on any atom is 0.330 e. The molecule has 0 aliphatic carbocycles. The zero-order valence-electron chi connectivity index (χ0n) is 35.2. The van der Waals surface area contributed by atoms with Crippen molar-refractivity contribution >= 4 is 48.2 Å². The molecule has 1 saturated heterocycles. The molecule has 1 aromatic heterocycles. The minimum atomic E-state index is -2.53. The van der Waals surface area contributed by atoms with Crippen LogP contribution >= 0.6 is 23.2 Å². The van der Waals surface area contributed by atoms with Crippen LogP contribution in [0.4, 0.5) is 0 Å². The van der Waals surface area contributed by atoms with Gasteiger partial charge in [-0.05, 0) is 84.2 Å². The lowest BCUT2D eigenvalue weighted by molar-refractivity contribution is -0.0513. The Morgan fingerprint density at radius 3 is 1.87 bits per heavy atom. The van der Waals surface area contributed by atoms with E-state index in [0.717, 1.165) is 0 Å². The number of rotatable bonds is 12. The van der Waals surface area contributed by atoms with Gasteiger partial charge in [0.2, 0.25) is 0 Å². The average molecular weight is 854 g/mol. The van der Waals surface area contributed by atoms with Crippen molar-refractivity contribution in [3.8, 4) is 11.5 Å². The number of hydrogen-bond donors (Lipinski definition) is 2. The van der Waals surface area contributed by atoms with Gasteiger partial charge < -0.3 is 27.9 Å². The van der Waals surface area contributed by atoms with Crippen molar-refractivity contribution in [2.24, 2.45) is 0 Å². The number of aromatic nitrogens is 2. The highest BCUT2D eigenvalue weighted by Crippen LogP contribution is 2.46. The first-order valence-corrected chi connectivity index (χ1v) is 28.4. The fourth-order valence-corrected chi connectivity index (χ4v) is 9.27. The first-order chi connectivity index (χ1) is 25.0. The maximum atomic E-state index is 13.9. The molecule has 3 aromatic rings. The Bertz CT molecular complexity index is 1950. The van der Waals surface area contributed by atoms with E-state index in [2.05, 4.69) is 107 Å². The molecule has 0 amide bonds. The molecule has 4 rings (SSSR count). The highest BCUT2D eigenvalue weighted by Gasteiger charge is 2.55. The summed E-state index contributed by atoms with van der Waals surface area (Å²) in [4.78, 5) is 29.8. The van der Waals surface area contributed by atoms with Crippen molar-refractivity contribution in [1.29, 1.82) is 0 Å². The lowest BCUT2D eigenvalue weighted by Crippen LogP contribution is -2.55. The van der Waals surface area contributed by atoms with Gasteiger partial charge in [0, 0.05) is 12.3 Å². The van der Waals surface area contributed by atoms with Crippen LogP contribution in [-0.4, -0.2) is 64.5 Å². The third kappa shape index (κ3) is 10.3. The summed E-state index contributed by atoms with van der Waals surface area (Å²) in [5.74, 6) is 0.844. The van der Waals surface area contributed by atoms with Crippen LogP contribution in [0.15, 0.2) is 58.3 Å². The van der Waals surface area contributed by atoms with Gasteiger partial charge in [-0.3, -0.25) is 14.3 Å². The summed E-state index contributed by atoms with van der Waals surface area (Å²) < 4.78 is 35.4. The minimum Gasteiger partial charge on any atom is -0.457 e. The van der Waals surface area contributed by atoms with Crippen LogP contribution in [-0.2, 0) is 18.0 Å². The van der Waals surface area contributed by atoms with Crippen LogP contribution in [0.3, 0.4) is 0 Å². The molecule has 55 heavy (non-hydrogen) atoms. The van der Waals surface area contributed by atoms with E-state index in [1.807, 2.05) is 0 Å². The summed E-state index contributed by atoms with van der Waals surface area (Å²) in [5.41, 5.74) is -1.10.